The second-order valence-electron chi connectivity index (χ2n) is 6.84. The lowest BCUT2D eigenvalue weighted by atomic mass is 10.1. The quantitative estimate of drug-likeness (QED) is 0.830. The second kappa shape index (κ2) is 7.20. The maximum absolute atomic E-state index is 12.7. The van der Waals surface area contributed by atoms with Gasteiger partial charge in [0.05, 0.1) is 11.5 Å². The standard InChI is InChI=1S/C18H24N2O4/c1-12(18(22)23)11-20(14-7-8-14)17(21)13-6-9-16(19-10-13)24-15-4-2-3-5-15/h6,9-10,12,14-15H,2-5,7-8,11H2,1H3,(H,22,23). The number of carboxylic acids is 1. The van der Waals surface area contributed by atoms with E-state index >= 15 is 0 Å². The first-order chi connectivity index (χ1) is 11.5. The Labute approximate surface area is 141 Å². The van der Waals surface area contributed by atoms with Crippen molar-refractivity contribution in [3.8, 4) is 5.88 Å². The second-order valence-corrected chi connectivity index (χ2v) is 6.84. The molecule has 1 amide bonds. The number of aliphatic carboxylic acids is 1. The molecule has 2 saturated carbocycles. The van der Waals surface area contributed by atoms with Crippen LogP contribution in [0.2, 0.25) is 0 Å². The van der Waals surface area contributed by atoms with Crippen LogP contribution in [0.1, 0.15) is 55.8 Å². The number of hydrogen-bond acceptors (Lipinski definition) is 4. The molecule has 0 aliphatic heterocycles. The molecule has 0 bridgehead atoms. The van der Waals surface area contributed by atoms with Gasteiger partial charge in [0.15, 0.2) is 0 Å². The molecule has 2 aliphatic carbocycles. The van der Waals surface area contributed by atoms with Crippen LogP contribution in [0.3, 0.4) is 0 Å². The van der Waals surface area contributed by atoms with Crippen molar-refractivity contribution >= 4 is 11.9 Å². The number of rotatable bonds is 7. The van der Waals surface area contributed by atoms with Crippen molar-refractivity contribution in [2.45, 2.75) is 57.6 Å². The van der Waals surface area contributed by atoms with E-state index in [0.717, 1.165) is 25.7 Å². The lowest BCUT2D eigenvalue weighted by Gasteiger charge is -2.24. The Hall–Kier alpha value is -2.11. The zero-order chi connectivity index (χ0) is 17.1. The third kappa shape index (κ3) is 4.04. The minimum Gasteiger partial charge on any atom is -0.481 e. The maximum Gasteiger partial charge on any atom is 0.308 e. The van der Waals surface area contributed by atoms with Crippen LogP contribution in [0, 0.1) is 5.92 Å². The summed E-state index contributed by atoms with van der Waals surface area (Å²) in [5.41, 5.74) is 0.485. The molecular formula is C18H24N2O4. The highest BCUT2D eigenvalue weighted by Gasteiger charge is 2.35. The van der Waals surface area contributed by atoms with E-state index in [1.54, 1.807) is 24.0 Å². The first-order valence-corrected chi connectivity index (χ1v) is 8.71. The third-order valence-corrected chi connectivity index (χ3v) is 4.71. The lowest BCUT2D eigenvalue weighted by molar-refractivity contribution is -0.141. The monoisotopic (exact) mass is 332 g/mol. The number of carboxylic acid groups (broad SMARTS) is 1. The van der Waals surface area contributed by atoms with E-state index in [2.05, 4.69) is 4.98 Å². The number of carbonyl (C=O) groups is 2. The topological polar surface area (TPSA) is 79.7 Å². The Bertz CT molecular complexity index is 592. The molecule has 1 aromatic rings. The van der Waals surface area contributed by atoms with Gasteiger partial charge in [-0.3, -0.25) is 9.59 Å². The molecule has 1 heterocycles. The summed E-state index contributed by atoms with van der Waals surface area (Å²) in [7, 11) is 0. The molecule has 1 aromatic heterocycles. The number of aromatic nitrogens is 1. The van der Waals surface area contributed by atoms with E-state index in [9.17, 15) is 9.59 Å². The van der Waals surface area contributed by atoms with Gasteiger partial charge in [0, 0.05) is 24.8 Å². The highest BCUT2D eigenvalue weighted by molar-refractivity contribution is 5.94. The average molecular weight is 332 g/mol. The SMILES string of the molecule is CC(CN(C(=O)c1ccc(OC2CCCC2)nc1)C1CC1)C(=O)O. The van der Waals surface area contributed by atoms with Crippen LogP contribution in [0.15, 0.2) is 18.3 Å². The van der Waals surface area contributed by atoms with Gasteiger partial charge in [-0.05, 0) is 44.6 Å². The number of carbonyl (C=O) groups excluding carboxylic acids is 1. The lowest BCUT2D eigenvalue weighted by Crippen LogP contribution is -2.38. The number of pyridine rings is 1. The van der Waals surface area contributed by atoms with Crippen molar-refractivity contribution in [2.24, 2.45) is 5.92 Å². The van der Waals surface area contributed by atoms with Gasteiger partial charge in [-0.2, -0.15) is 0 Å². The van der Waals surface area contributed by atoms with E-state index in [-0.39, 0.29) is 24.6 Å². The molecule has 0 aromatic carbocycles. The molecule has 0 saturated heterocycles. The van der Waals surface area contributed by atoms with E-state index in [4.69, 9.17) is 9.84 Å². The predicted molar refractivity (Wildman–Crippen MR) is 88.0 cm³/mol. The van der Waals surface area contributed by atoms with Gasteiger partial charge in [0.1, 0.15) is 6.10 Å². The summed E-state index contributed by atoms with van der Waals surface area (Å²) in [6.45, 7) is 1.86. The highest BCUT2D eigenvalue weighted by Crippen LogP contribution is 2.29. The Morgan fingerprint density at radius 3 is 2.54 bits per heavy atom. The molecule has 6 nitrogen and oxygen atoms in total. The van der Waals surface area contributed by atoms with Gasteiger partial charge >= 0.3 is 5.97 Å². The van der Waals surface area contributed by atoms with Gasteiger partial charge < -0.3 is 14.7 Å². The molecule has 1 unspecified atom stereocenters. The van der Waals surface area contributed by atoms with Crippen molar-refractivity contribution < 1.29 is 19.4 Å². The maximum atomic E-state index is 12.7. The van der Waals surface area contributed by atoms with Crippen molar-refractivity contribution in [3.05, 3.63) is 23.9 Å². The van der Waals surface area contributed by atoms with Crippen LogP contribution >= 0.6 is 0 Å². The van der Waals surface area contributed by atoms with Gasteiger partial charge in [0.2, 0.25) is 5.88 Å². The minimum absolute atomic E-state index is 0.148. The highest BCUT2D eigenvalue weighted by atomic mass is 16.5. The normalized spacial score (nSPS) is 19.0. The van der Waals surface area contributed by atoms with Gasteiger partial charge in [-0.15, -0.1) is 0 Å². The number of hydrogen-bond donors (Lipinski definition) is 1. The summed E-state index contributed by atoms with van der Waals surface area (Å²) in [5.74, 6) is -1.06. The summed E-state index contributed by atoms with van der Waals surface area (Å²) in [6, 6.07) is 3.62. The molecule has 6 heteroatoms. The molecule has 2 fully saturated rings. The minimum atomic E-state index is -0.883. The Balaban J connectivity index is 1.64. The fourth-order valence-corrected chi connectivity index (χ4v) is 3.08. The molecule has 130 valence electrons. The Morgan fingerprint density at radius 1 is 1.29 bits per heavy atom. The van der Waals surface area contributed by atoms with Gasteiger partial charge in [0.25, 0.3) is 5.91 Å². The van der Waals surface area contributed by atoms with Crippen LogP contribution in [0.25, 0.3) is 0 Å². The Morgan fingerprint density at radius 2 is 2.00 bits per heavy atom. The summed E-state index contributed by atoms with van der Waals surface area (Å²) < 4.78 is 5.81. The summed E-state index contributed by atoms with van der Waals surface area (Å²) >= 11 is 0. The largest absolute Gasteiger partial charge is 0.481 e. The van der Waals surface area contributed by atoms with Crippen molar-refractivity contribution in [1.82, 2.24) is 9.88 Å². The molecule has 0 radical (unpaired) electrons. The zero-order valence-electron chi connectivity index (χ0n) is 14.0. The summed E-state index contributed by atoms with van der Waals surface area (Å²) in [5, 5.41) is 9.09. The van der Waals surface area contributed by atoms with E-state index < -0.39 is 11.9 Å². The molecule has 0 spiro atoms. The van der Waals surface area contributed by atoms with Crippen LogP contribution in [-0.4, -0.2) is 45.6 Å². The van der Waals surface area contributed by atoms with E-state index in [0.29, 0.717) is 11.4 Å². The predicted octanol–water partition coefficient (Wildman–Crippen LogP) is 2.73. The average Bonchev–Trinajstić information content (AvgIpc) is 3.29. The van der Waals surface area contributed by atoms with Crippen LogP contribution in [0.5, 0.6) is 5.88 Å². The van der Waals surface area contributed by atoms with Crippen LogP contribution in [0.4, 0.5) is 0 Å². The molecule has 3 rings (SSSR count). The molecule has 24 heavy (non-hydrogen) atoms. The van der Waals surface area contributed by atoms with Crippen molar-refractivity contribution in [3.63, 3.8) is 0 Å². The first-order valence-electron chi connectivity index (χ1n) is 8.71. The summed E-state index contributed by atoms with van der Waals surface area (Å²) in [6.07, 6.45) is 8.16. The van der Waals surface area contributed by atoms with E-state index in [1.807, 2.05) is 0 Å². The van der Waals surface area contributed by atoms with Crippen molar-refractivity contribution in [2.75, 3.05) is 6.54 Å². The van der Waals surface area contributed by atoms with Crippen molar-refractivity contribution in [1.29, 1.82) is 0 Å². The number of ether oxygens (including phenoxy) is 1. The molecule has 2 aliphatic rings. The van der Waals surface area contributed by atoms with Gasteiger partial charge in [-0.25, -0.2) is 4.98 Å². The molecule has 1 atom stereocenters. The summed E-state index contributed by atoms with van der Waals surface area (Å²) in [4.78, 5) is 29.7. The van der Waals surface area contributed by atoms with Crippen LogP contribution < -0.4 is 4.74 Å². The first kappa shape index (κ1) is 16.7. The molecule has 1 N–H and O–H groups in total. The smallest absolute Gasteiger partial charge is 0.308 e. The van der Waals surface area contributed by atoms with E-state index in [1.165, 1.54) is 19.0 Å². The fourth-order valence-electron chi connectivity index (χ4n) is 3.08. The Kier molecular flexibility index (Phi) is 5.02. The number of nitrogens with zero attached hydrogens (tertiary/aromatic N) is 2. The number of amides is 1. The third-order valence-electron chi connectivity index (χ3n) is 4.71. The van der Waals surface area contributed by atoms with Crippen LogP contribution in [-0.2, 0) is 4.79 Å². The van der Waals surface area contributed by atoms with Gasteiger partial charge in [-0.1, -0.05) is 6.92 Å². The fraction of sp³-hybridized carbons (Fsp3) is 0.611. The zero-order valence-corrected chi connectivity index (χ0v) is 14.0. The molecular weight excluding hydrogens is 308 g/mol.